The molecule has 0 aliphatic carbocycles. The third-order valence-corrected chi connectivity index (χ3v) is 3.97. The second-order valence-electron chi connectivity index (χ2n) is 5.95. The third-order valence-electron chi connectivity index (χ3n) is 3.97. The maximum atomic E-state index is 5.58. The number of nitrogens with zero attached hydrogens (tertiary/aromatic N) is 3. The molecule has 0 bridgehead atoms. The molecule has 0 saturated heterocycles. The average molecular weight is 457 g/mol. The summed E-state index contributed by atoms with van der Waals surface area (Å²) in [5, 5.41) is 6.60. The van der Waals surface area contributed by atoms with E-state index in [4.69, 9.17) is 4.42 Å². The number of nitrogens with one attached hydrogen (secondary N) is 2. The molecular formula is C18H28IN5O. The van der Waals surface area contributed by atoms with Gasteiger partial charge in [-0.2, -0.15) is 0 Å². The highest BCUT2D eigenvalue weighted by molar-refractivity contribution is 14.0. The summed E-state index contributed by atoms with van der Waals surface area (Å²) in [5.74, 6) is 2.25. The number of aryl methyl sites for hydroxylation is 2. The van der Waals surface area contributed by atoms with Crippen molar-refractivity contribution >= 4 is 29.9 Å². The summed E-state index contributed by atoms with van der Waals surface area (Å²) in [6.45, 7) is 5.12. The van der Waals surface area contributed by atoms with Crippen molar-refractivity contribution in [3.8, 4) is 0 Å². The highest BCUT2D eigenvalue weighted by Crippen LogP contribution is 2.16. The topological polar surface area (TPSA) is 65.7 Å². The number of aliphatic imine (C=N–C) groups is 1. The van der Waals surface area contributed by atoms with E-state index >= 15 is 0 Å². The zero-order valence-electron chi connectivity index (χ0n) is 15.5. The zero-order chi connectivity index (χ0) is 17.5. The fraction of sp³-hybridized carbons (Fsp3) is 0.444. The van der Waals surface area contributed by atoms with E-state index in [-0.39, 0.29) is 30.0 Å². The first-order valence-electron chi connectivity index (χ1n) is 8.10. The maximum absolute atomic E-state index is 5.58. The Morgan fingerprint density at radius 1 is 1.20 bits per heavy atom. The molecule has 6 nitrogen and oxygen atoms in total. The summed E-state index contributed by atoms with van der Waals surface area (Å²) in [7, 11) is 5.91. The summed E-state index contributed by atoms with van der Waals surface area (Å²) in [6, 6.07) is 10.7. The van der Waals surface area contributed by atoms with Crippen LogP contribution in [0.4, 0.5) is 0 Å². The van der Waals surface area contributed by atoms with Gasteiger partial charge in [-0.15, -0.1) is 24.0 Å². The molecule has 138 valence electrons. The van der Waals surface area contributed by atoms with Gasteiger partial charge in [0.1, 0.15) is 5.76 Å². The zero-order valence-corrected chi connectivity index (χ0v) is 17.9. The van der Waals surface area contributed by atoms with E-state index in [0.29, 0.717) is 12.4 Å². The van der Waals surface area contributed by atoms with Crippen molar-refractivity contribution < 1.29 is 4.42 Å². The minimum absolute atomic E-state index is 0. The van der Waals surface area contributed by atoms with Crippen LogP contribution in [-0.4, -0.2) is 43.5 Å². The molecule has 25 heavy (non-hydrogen) atoms. The first-order chi connectivity index (χ1) is 11.5. The molecule has 2 aromatic rings. The molecule has 1 atom stereocenters. The van der Waals surface area contributed by atoms with Gasteiger partial charge in [-0.25, -0.2) is 4.98 Å². The lowest BCUT2D eigenvalue weighted by molar-refractivity contribution is 0.298. The Hall–Kier alpha value is -1.61. The SMILES string of the molecule is CN=C(NCc1nc(C)c(C)o1)NCC(c1ccccc1)N(C)C.I. The number of guanidine groups is 1. The number of hydrogen-bond donors (Lipinski definition) is 2. The van der Waals surface area contributed by atoms with Gasteiger partial charge in [-0.1, -0.05) is 30.3 Å². The van der Waals surface area contributed by atoms with Crippen LogP contribution < -0.4 is 10.6 Å². The van der Waals surface area contributed by atoms with Gasteiger partial charge in [-0.05, 0) is 33.5 Å². The third kappa shape index (κ3) is 6.32. The molecule has 1 unspecified atom stereocenters. The summed E-state index contributed by atoms with van der Waals surface area (Å²) in [6.07, 6.45) is 0. The Kier molecular flexibility index (Phi) is 8.91. The molecule has 0 radical (unpaired) electrons. The number of rotatable bonds is 6. The minimum atomic E-state index is 0. The second kappa shape index (κ2) is 10.4. The molecule has 0 aliphatic heterocycles. The van der Waals surface area contributed by atoms with Crippen molar-refractivity contribution in [1.29, 1.82) is 0 Å². The van der Waals surface area contributed by atoms with Crippen LogP contribution in [0, 0.1) is 13.8 Å². The molecule has 0 amide bonds. The monoisotopic (exact) mass is 457 g/mol. The van der Waals surface area contributed by atoms with Crippen LogP contribution in [0.15, 0.2) is 39.7 Å². The average Bonchev–Trinajstić information content (AvgIpc) is 2.89. The molecule has 0 aliphatic rings. The maximum Gasteiger partial charge on any atom is 0.214 e. The minimum Gasteiger partial charge on any atom is -0.444 e. The molecule has 7 heteroatoms. The van der Waals surface area contributed by atoms with Gasteiger partial charge in [0.2, 0.25) is 5.89 Å². The fourth-order valence-electron chi connectivity index (χ4n) is 2.46. The quantitative estimate of drug-likeness (QED) is 0.397. The predicted octanol–water partition coefficient (Wildman–Crippen LogP) is 2.88. The number of oxazole rings is 1. The Labute approximate surface area is 167 Å². The van der Waals surface area contributed by atoms with Gasteiger partial charge in [0, 0.05) is 13.6 Å². The number of halogens is 1. The number of likely N-dealkylation sites (N-methyl/N-ethyl adjacent to an activating group) is 1. The lowest BCUT2D eigenvalue weighted by Gasteiger charge is -2.26. The molecule has 1 aromatic carbocycles. The van der Waals surface area contributed by atoms with E-state index < -0.39 is 0 Å². The number of benzene rings is 1. The molecule has 0 fully saturated rings. The first-order valence-corrected chi connectivity index (χ1v) is 8.10. The summed E-state index contributed by atoms with van der Waals surface area (Å²) in [4.78, 5) is 10.8. The van der Waals surface area contributed by atoms with Crippen molar-refractivity contribution in [3.63, 3.8) is 0 Å². The van der Waals surface area contributed by atoms with Crippen LogP contribution >= 0.6 is 24.0 Å². The van der Waals surface area contributed by atoms with Crippen LogP contribution in [0.5, 0.6) is 0 Å². The molecular weight excluding hydrogens is 429 g/mol. The van der Waals surface area contributed by atoms with Crippen molar-refractivity contribution in [3.05, 3.63) is 53.2 Å². The summed E-state index contributed by atoms with van der Waals surface area (Å²) >= 11 is 0. The lowest BCUT2D eigenvalue weighted by Crippen LogP contribution is -2.41. The predicted molar refractivity (Wildman–Crippen MR) is 112 cm³/mol. The summed E-state index contributed by atoms with van der Waals surface area (Å²) < 4.78 is 5.58. The Balaban J connectivity index is 0.00000312. The van der Waals surface area contributed by atoms with Crippen LogP contribution in [0.1, 0.15) is 29.0 Å². The molecule has 0 spiro atoms. The Morgan fingerprint density at radius 2 is 1.88 bits per heavy atom. The van der Waals surface area contributed by atoms with E-state index in [2.05, 4.69) is 63.9 Å². The van der Waals surface area contributed by atoms with E-state index in [1.807, 2.05) is 19.9 Å². The smallest absolute Gasteiger partial charge is 0.214 e. The highest BCUT2D eigenvalue weighted by Gasteiger charge is 2.14. The molecule has 2 rings (SSSR count). The van der Waals surface area contributed by atoms with E-state index in [9.17, 15) is 0 Å². The summed E-state index contributed by atoms with van der Waals surface area (Å²) in [5.41, 5.74) is 2.19. The van der Waals surface area contributed by atoms with Crippen molar-refractivity contribution in [2.24, 2.45) is 4.99 Å². The van der Waals surface area contributed by atoms with Crippen molar-refractivity contribution in [1.82, 2.24) is 20.5 Å². The molecule has 2 N–H and O–H groups in total. The normalized spacial score (nSPS) is 12.6. The second-order valence-corrected chi connectivity index (χ2v) is 5.95. The van der Waals surface area contributed by atoms with Crippen LogP contribution in [0.2, 0.25) is 0 Å². The van der Waals surface area contributed by atoms with Crippen LogP contribution in [0.3, 0.4) is 0 Å². The van der Waals surface area contributed by atoms with Crippen LogP contribution in [-0.2, 0) is 6.54 Å². The first kappa shape index (κ1) is 21.4. The standard InChI is InChI=1S/C18H27N5O.HI/c1-13-14(2)24-17(22-13)12-21-18(19-3)20-11-16(23(4)5)15-9-7-6-8-10-15;/h6-10,16H,11-12H2,1-5H3,(H2,19,20,21);1H. The fourth-order valence-corrected chi connectivity index (χ4v) is 2.46. The number of hydrogen-bond acceptors (Lipinski definition) is 4. The largest absolute Gasteiger partial charge is 0.444 e. The van der Waals surface area contributed by atoms with Gasteiger partial charge in [-0.3, -0.25) is 4.99 Å². The van der Waals surface area contributed by atoms with E-state index in [1.54, 1.807) is 7.05 Å². The van der Waals surface area contributed by atoms with E-state index in [0.717, 1.165) is 24.0 Å². The van der Waals surface area contributed by atoms with Gasteiger partial charge in [0.15, 0.2) is 5.96 Å². The molecule has 1 heterocycles. The van der Waals surface area contributed by atoms with Gasteiger partial charge < -0.3 is 20.0 Å². The van der Waals surface area contributed by atoms with Crippen molar-refractivity contribution in [2.45, 2.75) is 26.4 Å². The van der Waals surface area contributed by atoms with Gasteiger partial charge >= 0.3 is 0 Å². The van der Waals surface area contributed by atoms with Crippen molar-refractivity contribution in [2.75, 3.05) is 27.7 Å². The number of aromatic nitrogens is 1. The van der Waals surface area contributed by atoms with E-state index in [1.165, 1.54) is 5.56 Å². The highest BCUT2D eigenvalue weighted by atomic mass is 127. The Bertz CT molecular complexity index is 650. The molecule has 1 aromatic heterocycles. The Morgan fingerprint density at radius 3 is 2.40 bits per heavy atom. The van der Waals surface area contributed by atoms with Gasteiger partial charge in [0.05, 0.1) is 18.3 Å². The lowest BCUT2D eigenvalue weighted by atomic mass is 10.1. The van der Waals surface area contributed by atoms with Gasteiger partial charge in [0.25, 0.3) is 0 Å². The molecule has 0 saturated carbocycles. The van der Waals surface area contributed by atoms with Crippen LogP contribution in [0.25, 0.3) is 0 Å².